The van der Waals surface area contributed by atoms with E-state index in [1.807, 2.05) is 6.07 Å². The highest BCUT2D eigenvalue weighted by Gasteiger charge is 2.12. The minimum absolute atomic E-state index is 0.0863. The highest BCUT2D eigenvalue weighted by molar-refractivity contribution is 7.90. The van der Waals surface area contributed by atoms with E-state index in [9.17, 15) is 13.2 Å². The predicted octanol–water partition coefficient (Wildman–Crippen LogP) is 0.689. The molecule has 1 amide bonds. The standard InChI is InChI=1S/C13H19N3O3S/c1-20(18,19)8-2-5-16-13(17)10-3-4-11-12(9-10)15-7-6-14-11/h3-4,9,14-15H,2,5-8H2,1H3,(H,16,17). The Bertz CT molecular complexity index is 599. The maximum absolute atomic E-state index is 11.9. The van der Waals surface area contributed by atoms with Gasteiger partial charge in [0.2, 0.25) is 0 Å². The summed E-state index contributed by atoms with van der Waals surface area (Å²) in [6.07, 6.45) is 1.62. The van der Waals surface area contributed by atoms with Gasteiger partial charge in [-0.2, -0.15) is 0 Å². The van der Waals surface area contributed by atoms with Crippen LogP contribution in [0.15, 0.2) is 18.2 Å². The molecule has 1 aliphatic rings. The Morgan fingerprint density at radius 3 is 2.65 bits per heavy atom. The van der Waals surface area contributed by atoms with E-state index < -0.39 is 9.84 Å². The molecule has 0 aliphatic carbocycles. The van der Waals surface area contributed by atoms with Crippen molar-refractivity contribution < 1.29 is 13.2 Å². The average molecular weight is 297 g/mol. The van der Waals surface area contributed by atoms with E-state index in [4.69, 9.17) is 0 Å². The summed E-state index contributed by atoms with van der Waals surface area (Å²) in [5, 5.41) is 9.19. The van der Waals surface area contributed by atoms with Crippen molar-refractivity contribution in [2.45, 2.75) is 6.42 Å². The summed E-state index contributed by atoms with van der Waals surface area (Å²) in [5.74, 6) is -0.100. The van der Waals surface area contributed by atoms with Gasteiger partial charge in [0.15, 0.2) is 0 Å². The fourth-order valence-electron chi connectivity index (χ4n) is 2.02. The topological polar surface area (TPSA) is 87.3 Å². The zero-order valence-corrected chi connectivity index (χ0v) is 12.2. The Morgan fingerprint density at radius 1 is 1.25 bits per heavy atom. The summed E-state index contributed by atoms with van der Waals surface area (Å²) < 4.78 is 22.0. The minimum Gasteiger partial charge on any atom is -0.382 e. The van der Waals surface area contributed by atoms with Crippen LogP contribution in [0.5, 0.6) is 0 Å². The third-order valence-electron chi connectivity index (χ3n) is 3.02. The molecule has 1 aromatic carbocycles. The fraction of sp³-hybridized carbons (Fsp3) is 0.462. The summed E-state index contributed by atoms with van der Waals surface area (Å²) in [5.41, 5.74) is 2.48. The minimum atomic E-state index is -2.97. The molecule has 1 aliphatic heterocycles. The van der Waals surface area contributed by atoms with E-state index >= 15 is 0 Å². The number of hydrogen-bond donors (Lipinski definition) is 3. The molecule has 2 rings (SSSR count). The maximum atomic E-state index is 11.9. The molecular formula is C13H19N3O3S. The van der Waals surface area contributed by atoms with Crippen molar-refractivity contribution in [3.05, 3.63) is 23.8 Å². The van der Waals surface area contributed by atoms with Gasteiger partial charge in [-0.1, -0.05) is 0 Å². The number of sulfone groups is 1. The van der Waals surface area contributed by atoms with Crippen LogP contribution in [0.3, 0.4) is 0 Å². The lowest BCUT2D eigenvalue weighted by Gasteiger charge is -2.20. The van der Waals surface area contributed by atoms with Crippen molar-refractivity contribution in [3.8, 4) is 0 Å². The summed E-state index contributed by atoms with van der Waals surface area (Å²) in [7, 11) is -2.97. The van der Waals surface area contributed by atoms with Crippen LogP contribution in [-0.4, -0.2) is 46.0 Å². The summed E-state index contributed by atoms with van der Waals surface area (Å²) in [6, 6.07) is 5.42. The molecule has 110 valence electrons. The Labute approximate surface area is 118 Å². The van der Waals surface area contributed by atoms with E-state index in [1.54, 1.807) is 12.1 Å². The molecule has 6 nitrogen and oxygen atoms in total. The number of nitrogens with one attached hydrogen (secondary N) is 3. The van der Waals surface area contributed by atoms with Crippen LogP contribution in [-0.2, 0) is 9.84 Å². The van der Waals surface area contributed by atoms with Gasteiger partial charge >= 0.3 is 0 Å². The third kappa shape index (κ3) is 4.12. The molecule has 3 N–H and O–H groups in total. The molecular weight excluding hydrogens is 278 g/mol. The molecule has 7 heteroatoms. The van der Waals surface area contributed by atoms with E-state index in [1.165, 1.54) is 6.26 Å². The molecule has 0 saturated heterocycles. The first kappa shape index (κ1) is 14.6. The van der Waals surface area contributed by atoms with E-state index in [0.29, 0.717) is 18.5 Å². The molecule has 0 spiro atoms. The lowest BCUT2D eigenvalue weighted by Crippen LogP contribution is -2.26. The van der Waals surface area contributed by atoms with Crippen molar-refractivity contribution >= 4 is 27.1 Å². The molecule has 0 bridgehead atoms. The van der Waals surface area contributed by atoms with Gasteiger partial charge in [-0.25, -0.2) is 8.42 Å². The van der Waals surface area contributed by atoms with Gasteiger partial charge in [0.05, 0.1) is 17.1 Å². The van der Waals surface area contributed by atoms with Crippen LogP contribution in [0, 0.1) is 0 Å². The van der Waals surface area contributed by atoms with Crippen molar-refractivity contribution in [2.24, 2.45) is 0 Å². The van der Waals surface area contributed by atoms with Crippen molar-refractivity contribution in [3.63, 3.8) is 0 Å². The maximum Gasteiger partial charge on any atom is 0.251 e. The number of carbonyl (C=O) groups excluding carboxylic acids is 1. The quantitative estimate of drug-likeness (QED) is 0.696. The summed E-state index contributed by atoms with van der Waals surface area (Å²) in [6.45, 7) is 2.05. The van der Waals surface area contributed by atoms with E-state index in [0.717, 1.165) is 24.5 Å². The van der Waals surface area contributed by atoms with Gasteiger partial charge in [-0.05, 0) is 24.6 Å². The van der Waals surface area contributed by atoms with Gasteiger partial charge in [0.1, 0.15) is 9.84 Å². The van der Waals surface area contributed by atoms with Gasteiger partial charge in [-0.15, -0.1) is 0 Å². The molecule has 0 unspecified atom stereocenters. The first-order valence-electron chi connectivity index (χ1n) is 6.53. The number of rotatable bonds is 5. The number of fused-ring (bicyclic) bond motifs is 1. The molecule has 1 aromatic rings. The molecule has 0 atom stereocenters. The lowest BCUT2D eigenvalue weighted by molar-refractivity contribution is 0.0953. The summed E-state index contributed by atoms with van der Waals surface area (Å²) in [4.78, 5) is 11.9. The number of benzene rings is 1. The second kappa shape index (κ2) is 6.13. The number of anilines is 2. The monoisotopic (exact) mass is 297 g/mol. The largest absolute Gasteiger partial charge is 0.382 e. The lowest BCUT2D eigenvalue weighted by atomic mass is 10.1. The van der Waals surface area contributed by atoms with Gasteiger partial charge in [-0.3, -0.25) is 4.79 Å². The molecule has 1 heterocycles. The smallest absolute Gasteiger partial charge is 0.251 e. The average Bonchev–Trinajstić information content (AvgIpc) is 2.42. The summed E-state index contributed by atoms with van der Waals surface area (Å²) >= 11 is 0. The molecule has 0 fully saturated rings. The second-order valence-electron chi connectivity index (χ2n) is 4.85. The number of hydrogen-bond acceptors (Lipinski definition) is 5. The second-order valence-corrected chi connectivity index (χ2v) is 7.11. The van der Waals surface area contributed by atoms with Gasteiger partial charge in [0, 0.05) is 31.5 Å². The molecule has 20 heavy (non-hydrogen) atoms. The third-order valence-corrected chi connectivity index (χ3v) is 4.05. The first-order valence-corrected chi connectivity index (χ1v) is 8.59. The Kier molecular flexibility index (Phi) is 4.49. The predicted molar refractivity (Wildman–Crippen MR) is 80.1 cm³/mol. The number of amides is 1. The zero-order chi connectivity index (χ0) is 14.6. The molecule has 0 saturated carbocycles. The van der Waals surface area contributed by atoms with Gasteiger partial charge < -0.3 is 16.0 Å². The van der Waals surface area contributed by atoms with Gasteiger partial charge in [0.25, 0.3) is 5.91 Å². The SMILES string of the molecule is CS(=O)(=O)CCCNC(=O)c1ccc2c(c1)NCCN2. The van der Waals surface area contributed by atoms with Crippen molar-refractivity contribution in [1.29, 1.82) is 0 Å². The van der Waals surface area contributed by atoms with Crippen molar-refractivity contribution in [1.82, 2.24) is 5.32 Å². The number of carbonyl (C=O) groups is 1. The Hall–Kier alpha value is -1.76. The van der Waals surface area contributed by atoms with Crippen LogP contribution in [0.25, 0.3) is 0 Å². The first-order chi connectivity index (χ1) is 9.46. The Balaban J connectivity index is 1.89. The van der Waals surface area contributed by atoms with Crippen LogP contribution in [0.4, 0.5) is 11.4 Å². The highest BCUT2D eigenvalue weighted by Crippen LogP contribution is 2.25. The Morgan fingerprint density at radius 2 is 1.95 bits per heavy atom. The van der Waals surface area contributed by atoms with Crippen molar-refractivity contribution in [2.75, 3.05) is 42.3 Å². The highest BCUT2D eigenvalue weighted by atomic mass is 32.2. The molecule has 0 radical (unpaired) electrons. The zero-order valence-electron chi connectivity index (χ0n) is 11.4. The van der Waals surface area contributed by atoms with Crippen LogP contribution < -0.4 is 16.0 Å². The van der Waals surface area contributed by atoms with E-state index in [-0.39, 0.29) is 11.7 Å². The van der Waals surface area contributed by atoms with E-state index in [2.05, 4.69) is 16.0 Å². The normalized spacial score (nSPS) is 13.8. The molecule has 0 aromatic heterocycles. The van der Waals surface area contributed by atoms with Crippen LogP contribution in [0.2, 0.25) is 0 Å². The van der Waals surface area contributed by atoms with Crippen LogP contribution >= 0.6 is 0 Å². The van der Waals surface area contributed by atoms with Crippen LogP contribution in [0.1, 0.15) is 16.8 Å². The fourth-order valence-corrected chi connectivity index (χ4v) is 2.69.